The number of nitrogens with zero attached hydrogens (tertiary/aromatic N) is 5. The predicted molar refractivity (Wildman–Crippen MR) is 102 cm³/mol. The standard InChI is InChI=1S/C18H23N5O2S/c1-4-11-21-15(2)13-18(20-21)23(26(3,24)25)14-16-6-8-17(9-7-16)22-12-5-10-19-22/h5-10,12-13H,4,11,14H2,1-3H3. The molecule has 3 rings (SSSR count). The third-order valence-corrected chi connectivity index (χ3v) is 5.21. The molecule has 0 saturated heterocycles. The lowest BCUT2D eigenvalue weighted by molar-refractivity contribution is 0.581. The number of hydrogen-bond acceptors (Lipinski definition) is 4. The molecule has 0 radical (unpaired) electrons. The van der Waals surface area contributed by atoms with Crippen molar-refractivity contribution in [2.75, 3.05) is 10.6 Å². The molecule has 0 bridgehead atoms. The average Bonchev–Trinajstić information content (AvgIpc) is 3.23. The number of hydrogen-bond donors (Lipinski definition) is 0. The van der Waals surface area contributed by atoms with Crippen LogP contribution in [0.25, 0.3) is 5.69 Å². The minimum atomic E-state index is -3.45. The second-order valence-corrected chi connectivity index (χ2v) is 8.16. The summed E-state index contributed by atoms with van der Waals surface area (Å²) < 4.78 is 29.6. The Hall–Kier alpha value is -2.61. The molecule has 0 fully saturated rings. The van der Waals surface area contributed by atoms with E-state index in [2.05, 4.69) is 17.1 Å². The third kappa shape index (κ3) is 3.96. The minimum Gasteiger partial charge on any atom is -0.268 e. The minimum absolute atomic E-state index is 0.237. The van der Waals surface area contributed by atoms with Crippen molar-refractivity contribution in [1.82, 2.24) is 19.6 Å². The summed E-state index contributed by atoms with van der Waals surface area (Å²) in [5.41, 5.74) is 2.76. The molecule has 7 nitrogen and oxygen atoms in total. The van der Waals surface area contributed by atoms with Crippen molar-refractivity contribution >= 4 is 15.8 Å². The smallest absolute Gasteiger partial charge is 0.233 e. The summed E-state index contributed by atoms with van der Waals surface area (Å²) in [7, 11) is -3.45. The molecule has 2 aromatic heterocycles. The molecule has 0 saturated carbocycles. The number of sulfonamides is 1. The van der Waals surface area contributed by atoms with E-state index in [1.807, 2.05) is 54.2 Å². The van der Waals surface area contributed by atoms with Gasteiger partial charge in [-0.05, 0) is 37.1 Å². The van der Waals surface area contributed by atoms with Gasteiger partial charge in [0.25, 0.3) is 0 Å². The Morgan fingerprint density at radius 3 is 2.50 bits per heavy atom. The summed E-state index contributed by atoms with van der Waals surface area (Å²) in [6.07, 6.45) is 5.73. The molecule has 1 aromatic carbocycles. The van der Waals surface area contributed by atoms with Gasteiger partial charge in [-0.2, -0.15) is 10.2 Å². The Kier molecular flexibility index (Phi) is 5.13. The van der Waals surface area contributed by atoms with Crippen LogP contribution in [0.1, 0.15) is 24.6 Å². The van der Waals surface area contributed by atoms with Gasteiger partial charge in [-0.15, -0.1) is 0 Å². The molecule has 0 aliphatic carbocycles. The Bertz CT molecular complexity index is 960. The molecule has 0 N–H and O–H groups in total. The van der Waals surface area contributed by atoms with Gasteiger partial charge in [0.2, 0.25) is 10.0 Å². The van der Waals surface area contributed by atoms with Crippen LogP contribution in [0.2, 0.25) is 0 Å². The van der Waals surface area contributed by atoms with E-state index in [1.165, 1.54) is 10.6 Å². The zero-order valence-corrected chi connectivity index (χ0v) is 16.0. The molecule has 0 unspecified atom stereocenters. The van der Waals surface area contributed by atoms with E-state index in [4.69, 9.17) is 0 Å². The Balaban J connectivity index is 1.87. The maximum absolute atomic E-state index is 12.3. The number of anilines is 1. The molecule has 0 atom stereocenters. The predicted octanol–water partition coefficient (Wildman–Crippen LogP) is 2.75. The van der Waals surface area contributed by atoms with Crippen molar-refractivity contribution in [3.8, 4) is 5.69 Å². The first-order chi connectivity index (χ1) is 12.4. The molecule has 2 heterocycles. The van der Waals surface area contributed by atoms with E-state index in [0.29, 0.717) is 5.82 Å². The zero-order chi connectivity index (χ0) is 18.7. The normalized spacial score (nSPS) is 11.7. The molecular weight excluding hydrogens is 350 g/mol. The molecule has 0 amide bonds. The van der Waals surface area contributed by atoms with Gasteiger partial charge in [-0.25, -0.2) is 17.4 Å². The molecule has 138 valence electrons. The summed E-state index contributed by atoms with van der Waals surface area (Å²) in [5.74, 6) is 0.453. The van der Waals surface area contributed by atoms with Crippen LogP contribution < -0.4 is 4.31 Å². The van der Waals surface area contributed by atoms with Gasteiger partial charge in [0, 0.05) is 30.7 Å². The van der Waals surface area contributed by atoms with Crippen LogP contribution in [0.3, 0.4) is 0 Å². The number of aromatic nitrogens is 4. The first-order valence-electron chi connectivity index (χ1n) is 8.49. The lowest BCUT2D eigenvalue weighted by atomic mass is 10.2. The third-order valence-electron chi connectivity index (χ3n) is 4.09. The van der Waals surface area contributed by atoms with Crippen LogP contribution in [-0.2, 0) is 23.1 Å². The summed E-state index contributed by atoms with van der Waals surface area (Å²) in [6.45, 7) is 5.00. The van der Waals surface area contributed by atoms with Gasteiger partial charge < -0.3 is 0 Å². The maximum atomic E-state index is 12.3. The van der Waals surface area contributed by atoms with Crippen molar-refractivity contribution in [3.05, 3.63) is 60.0 Å². The molecule has 26 heavy (non-hydrogen) atoms. The van der Waals surface area contributed by atoms with Gasteiger partial charge in [0.1, 0.15) is 0 Å². The van der Waals surface area contributed by atoms with Crippen molar-refractivity contribution in [1.29, 1.82) is 0 Å². The monoisotopic (exact) mass is 373 g/mol. The van der Waals surface area contributed by atoms with Crippen LogP contribution in [0, 0.1) is 6.92 Å². The van der Waals surface area contributed by atoms with E-state index in [9.17, 15) is 8.42 Å². The highest BCUT2D eigenvalue weighted by Crippen LogP contribution is 2.21. The zero-order valence-electron chi connectivity index (χ0n) is 15.2. The summed E-state index contributed by atoms with van der Waals surface area (Å²) in [5, 5.41) is 8.66. The second-order valence-electron chi connectivity index (χ2n) is 6.25. The number of benzene rings is 1. The molecule has 3 aromatic rings. The fourth-order valence-electron chi connectivity index (χ4n) is 2.76. The quantitative estimate of drug-likeness (QED) is 0.638. The van der Waals surface area contributed by atoms with Crippen LogP contribution in [0.5, 0.6) is 0 Å². The van der Waals surface area contributed by atoms with Gasteiger partial charge >= 0.3 is 0 Å². The Labute approximate surface area is 153 Å². The second kappa shape index (κ2) is 7.33. The highest BCUT2D eigenvalue weighted by Gasteiger charge is 2.21. The van der Waals surface area contributed by atoms with E-state index in [-0.39, 0.29) is 6.54 Å². The van der Waals surface area contributed by atoms with Crippen molar-refractivity contribution in [2.45, 2.75) is 33.4 Å². The SMILES string of the molecule is CCCn1nc(N(Cc2ccc(-n3cccn3)cc2)S(C)(=O)=O)cc1C. The lowest BCUT2D eigenvalue weighted by Crippen LogP contribution is -2.29. The average molecular weight is 373 g/mol. The molecule has 0 spiro atoms. The summed E-state index contributed by atoms with van der Waals surface area (Å²) in [6, 6.07) is 11.3. The number of aryl methyl sites for hydroxylation is 2. The van der Waals surface area contributed by atoms with Crippen LogP contribution in [-0.4, -0.2) is 34.2 Å². The molecular formula is C18H23N5O2S. The van der Waals surface area contributed by atoms with E-state index in [1.54, 1.807) is 10.9 Å². The van der Waals surface area contributed by atoms with Gasteiger partial charge in [0.15, 0.2) is 5.82 Å². The maximum Gasteiger partial charge on any atom is 0.233 e. The van der Waals surface area contributed by atoms with E-state index < -0.39 is 10.0 Å². The van der Waals surface area contributed by atoms with Crippen LogP contribution in [0.4, 0.5) is 5.82 Å². The number of rotatable bonds is 7. The summed E-state index contributed by atoms with van der Waals surface area (Å²) in [4.78, 5) is 0. The summed E-state index contributed by atoms with van der Waals surface area (Å²) >= 11 is 0. The van der Waals surface area contributed by atoms with Gasteiger partial charge in [-0.1, -0.05) is 19.1 Å². The topological polar surface area (TPSA) is 73.0 Å². The Morgan fingerprint density at radius 1 is 1.19 bits per heavy atom. The van der Waals surface area contributed by atoms with E-state index >= 15 is 0 Å². The van der Waals surface area contributed by atoms with Crippen LogP contribution >= 0.6 is 0 Å². The Morgan fingerprint density at radius 2 is 1.92 bits per heavy atom. The van der Waals surface area contributed by atoms with Crippen molar-refractivity contribution in [2.24, 2.45) is 0 Å². The van der Waals surface area contributed by atoms with Gasteiger partial charge in [0.05, 0.1) is 18.5 Å². The van der Waals surface area contributed by atoms with Crippen molar-refractivity contribution in [3.63, 3.8) is 0 Å². The lowest BCUT2D eigenvalue weighted by Gasteiger charge is -2.20. The first-order valence-corrected chi connectivity index (χ1v) is 10.3. The highest BCUT2D eigenvalue weighted by molar-refractivity contribution is 7.92. The molecule has 0 aliphatic heterocycles. The fraction of sp³-hybridized carbons (Fsp3) is 0.333. The fourth-order valence-corrected chi connectivity index (χ4v) is 3.57. The largest absolute Gasteiger partial charge is 0.268 e. The first kappa shape index (κ1) is 18.2. The molecule has 8 heteroatoms. The van der Waals surface area contributed by atoms with Gasteiger partial charge in [-0.3, -0.25) is 4.68 Å². The van der Waals surface area contributed by atoms with Crippen LogP contribution in [0.15, 0.2) is 48.8 Å². The van der Waals surface area contributed by atoms with E-state index in [0.717, 1.165) is 29.9 Å². The molecule has 0 aliphatic rings. The highest BCUT2D eigenvalue weighted by atomic mass is 32.2. The van der Waals surface area contributed by atoms with Crippen molar-refractivity contribution < 1.29 is 8.42 Å².